The zero-order valence-electron chi connectivity index (χ0n) is 19.6. The molecule has 0 radical (unpaired) electrons. The molecule has 0 bridgehead atoms. The minimum atomic E-state index is -0.253. The van der Waals surface area contributed by atoms with Crippen LogP contribution in [0.1, 0.15) is 58.3 Å². The number of unbranched alkanes of at least 4 members (excludes halogenated alkanes) is 3. The highest BCUT2D eigenvalue weighted by Gasteiger charge is 2.32. The molecule has 1 aliphatic carbocycles. The normalized spacial score (nSPS) is 17.8. The molecule has 0 aliphatic heterocycles. The lowest BCUT2D eigenvalue weighted by Gasteiger charge is -2.25. The highest BCUT2D eigenvalue weighted by Crippen LogP contribution is 2.32. The van der Waals surface area contributed by atoms with Crippen molar-refractivity contribution in [2.24, 2.45) is 11.8 Å². The molecule has 1 saturated carbocycles. The second-order valence-corrected chi connectivity index (χ2v) is 8.45. The van der Waals surface area contributed by atoms with Crippen LogP contribution in [0.15, 0.2) is 48.5 Å². The second-order valence-electron chi connectivity index (χ2n) is 8.45. The molecule has 1 aliphatic rings. The number of hydrogen-bond acceptors (Lipinski definition) is 6. The monoisotopic (exact) mass is 454 g/mol. The van der Waals surface area contributed by atoms with Gasteiger partial charge in [-0.2, -0.15) is 0 Å². The molecule has 33 heavy (non-hydrogen) atoms. The van der Waals surface area contributed by atoms with Crippen LogP contribution in [0.5, 0.6) is 23.0 Å². The molecule has 2 aromatic carbocycles. The van der Waals surface area contributed by atoms with E-state index in [9.17, 15) is 9.59 Å². The second kappa shape index (κ2) is 12.9. The average molecular weight is 455 g/mol. The zero-order chi connectivity index (χ0) is 23.5. The Morgan fingerprint density at radius 3 is 1.61 bits per heavy atom. The summed E-state index contributed by atoms with van der Waals surface area (Å²) < 4.78 is 21.9. The molecule has 6 nitrogen and oxygen atoms in total. The first-order valence-corrected chi connectivity index (χ1v) is 11.9. The lowest BCUT2D eigenvalue weighted by molar-refractivity contribution is -0.145. The molecule has 3 rings (SSSR count). The standard InChI is InChI=1S/C27H34O6/c1-3-4-5-6-19-31-23-13-17-25(18-14-23)33-27(29)21-9-7-20(8-10-21)26(28)32-24-15-11-22(30-2)12-16-24/h11-18,20-21H,3-10,19H2,1-2H3/t20-,21-. The smallest absolute Gasteiger partial charge is 0.314 e. The van der Waals surface area contributed by atoms with E-state index >= 15 is 0 Å². The van der Waals surface area contributed by atoms with E-state index in [1.807, 2.05) is 12.1 Å². The third kappa shape index (κ3) is 7.81. The maximum absolute atomic E-state index is 12.6. The van der Waals surface area contributed by atoms with Gasteiger partial charge in [0.25, 0.3) is 0 Å². The van der Waals surface area contributed by atoms with Crippen molar-refractivity contribution in [2.45, 2.75) is 58.3 Å². The van der Waals surface area contributed by atoms with Crippen LogP contribution in [0.4, 0.5) is 0 Å². The van der Waals surface area contributed by atoms with Gasteiger partial charge in [-0.15, -0.1) is 0 Å². The van der Waals surface area contributed by atoms with Gasteiger partial charge in [0.2, 0.25) is 0 Å². The Bertz CT molecular complexity index is 866. The van der Waals surface area contributed by atoms with E-state index in [4.69, 9.17) is 18.9 Å². The van der Waals surface area contributed by atoms with Crippen LogP contribution < -0.4 is 18.9 Å². The number of esters is 2. The summed E-state index contributed by atoms with van der Waals surface area (Å²) in [6.45, 7) is 2.88. The van der Waals surface area contributed by atoms with Gasteiger partial charge in [0, 0.05) is 0 Å². The fraction of sp³-hybridized carbons (Fsp3) is 0.481. The summed E-state index contributed by atoms with van der Waals surface area (Å²) in [6, 6.07) is 14.1. The molecule has 0 atom stereocenters. The van der Waals surface area contributed by atoms with Crippen molar-refractivity contribution in [2.75, 3.05) is 13.7 Å². The van der Waals surface area contributed by atoms with Crippen LogP contribution in [0.2, 0.25) is 0 Å². The lowest BCUT2D eigenvalue weighted by atomic mass is 9.82. The zero-order valence-corrected chi connectivity index (χ0v) is 19.6. The Balaban J connectivity index is 1.39. The molecule has 0 aromatic heterocycles. The molecule has 0 amide bonds. The molecule has 2 aromatic rings. The van der Waals surface area contributed by atoms with Gasteiger partial charge in [-0.3, -0.25) is 9.59 Å². The molecule has 0 unspecified atom stereocenters. The first kappa shape index (κ1) is 24.6. The summed E-state index contributed by atoms with van der Waals surface area (Å²) in [7, 11) is 1.59. The average Bonchev–Trinajstić information content (AvgIpc) is 2.85. The first-order valence-electron chi connectivity index (χ1n) is 11.9. The molecule has 0 saturated heterocycles. The van der Waals surface area contributed by atoms with E-state index in [1.54, 1.807) is 43.5 Å². The van der Waals surface area contributed by atoms with E-state index in [0.29, 0.717) is 49.5 Å². The molecular formula is C27H34O6. The van der Waals surface area contributed by atoms with E-state index in [-0.39, 0.29) is 23.8 Å². The Kier molecular flexibility index (Phi) is 9.60. The predicted molar refractivity (Wildman–Crippen MR) is 126 cm³/mol. The topological polar surface area (TPSA) is 71.1 Å². The highest BCUT2D eigenvalue weighted by atomic mass is 16.5. The van der Waals surface area contributed by atoms with Crippen LogP contribution in [-0.2, 0) is 9.59 Å². The number of ether oxygens (including phenoxy) is 4. The Morgan fingerprint density at radius 2 is 1.15 bits per heavy atom. The fourth-order valence-corrected chi connectivity index (χ4v) is 3.93. The van der Waals surface area contributed by atoms with E-state index < -0.39 is 0 Å². The van der Waals surface area contributed by atoms with Crippen LogP contribution >= 0.6 is 0 Å². The SMILES string of the molecule is CCCCCCOc1ccc(OC(=O)[C@H]2CC[C@H](C(=O)Oc3ccc(OC)cc3)CC2)cc1. The molecule has 0 N–H and O–H groups in total. The fourth-order valence-electron chi connectivity index (χ4n) is 3.93. The van der Waals surface area contributed by atoms with Gasteiger partial charge in [-0.1, -0.05) is 26.2 Å². The summed E-state index contributed by atoms with van der Waals surface area (Å²) in [5.74, 6) is 1.59. The van der Waals surface area contributed by atoms with E-state index in [2.05, 4.69) is 6.92 Å². The van der Waals surface area contributed by atoms with Crippen molar-refractivity contribution in [3.05, 3.63) is 48.5 Å². The highest BCUT2D eigenvalue weighted by molar-refractivity contribution is 5.77. The predicted octanol–water partition coefficient (Wildman–Crippen LogP) is 5.97. The third-order valence-corrected chi connectivity index (χ3v) is 5.98. The molecule has 0 heterocycles. The van der Waals surface area contributed by atoms with Crippen molar-refractivity contribution in [1.82, 2.24) is 0 Å². The van der Waals surface area contributed by atoms with Gasteiger partial charge in [-0.25, -0.2) is 0 Å². The van der Waals surface area contributed by atoms with Crippen LogP contribution in [0.3, 0.4) is 0 Å². The van der Waals surface area contributed by atoms with Crippen LogP contribution in [0, 0.1) is 11.8 Å². The van der Waals surface area contributed by atoms with Gasteiger partial charge in [0.15, 0.2) is 0 Å². The molecule has 178 valence electrons. The number of carbonyl (C=O) groups excluding carboxylic acids is 2. The summed E-state index contributed by atoms with van der Waals surface area (Å²) in [6.07, 6.45) is 7.09. The summed E-state index contributed by atoms with van der Waals surface area (Å²) in [4.78, 5) is 25.0. The number of rotatable bonds is 11. The Morgan fingerprint density at radius 1 is 0.697 bits per heavy atom. The summed E-state index contributed by atoms with van der Waals surface area (Å²) >= 11 is 0. The van der Waals surface area contributed by atoms with Crippen LogP contribution in [0.25, 0.3) is 0 Å². The minimum Gasteiger partial charge on any atom is -0.497 e. The van der Waals surface area contributed by atoms with Crippen molar-refractivity contribution in [1.29, 1.82) is 0 Å². The largest absolute Gasteiger partial charge is 0.497 e. The number of methoxy groups -OCH3 is 1. The summed E-state index contributed by atoms with van der Waals surface area (Å²) in [5.41, 5.74) is 0. The van der Waals surface area contributed by atoms with Gasteiger partial charge in [0.05, 0.1) is 25.6 Å². The Labute approximate surface area is 196 Å². The maximum Gasteiger partial charge on any atom is 0.314 e. The molecule has 6 heteroatoms. The molecule has 1 fully saturated rings. The summed E-state index contributed by atoms with van der Waals surface area (Å²) in [5, 5.41) is 0. The van der Waals surface area contributed by atoms with Crippen molar-refractivity contribution >= 4 is 11.9 Å². The maximum atomic E-state index is 12.6. The lowest BCUT2D eigenvalue weighted by Crippen LogP contribution is -2.30. The quantitative estimate of drug-likeness (QED) is 0.237. The van der Waals surface area contributed by atoms with Crippen molar-refractivity contribution in [3.8, 4) is 23.0 Å². The third-order valence-electron chi connectivity index (χ3n) is 5.98. The van der Waals surface area contributed by atoms with Gasteiger partial charge in [0.1, 0.15) is 23.0 Å². The number of hydrogen-bond donors (Lipinski definition) is 0. The van der Waals surface area contributed by atoms with Crippen LogP contribution in [-0.4, -0.2) is 25.7 Å². The number of benzene rings is 2. The number of carbonyl (C=O) groups is 2. The first-order chi connectivity index (χ1) is 16.1. The van der Waals surface area contributed by atoms with Gasteiger partial charge >= 0.3 is 11.9 Å². The van der Waals surface area contributed by atoms with E-state index in [1.165, 1.54) is 19.3 Å². The van der Waals surface area contributed by atoms with Crippen molar-refractivity contribution in [3.63, 3.8) is 0 Å². The minimum absolute atomic E-state index is 0.204. The van der Waals surface area contributed by atoms with E-state index in [0.717, 1.165) is 12.2 Å². The van der Waals surface area contributed by atoms with Gasteiger partial charge in [-0.05, 0) is 80.6 Å². The Hall–Kier alpha value is -3.02. The molecule has 0 spiro atoms. The van der Waals surface area contributed by atoms with Gasteiger partial charge < -0.3 is 18.9 Å². The molecular weight excluding hydrogens is 420 g/mol. The van der Waals surface area contributed by atoms with Crippen molar-refractivity contribution < 1.29 is 28.5 Å².